The Morgan fingerprint density at radius 1 is 1.42 bits per heavy atom. The first-order valence-electron chi connectivity index (χ1n) is 5.09. The zero-order chi connectivity index (χ0) is 14.2. The molecule has 0 fully saturated rings. The molecule has 9 heteroatoms. The molecule has 0 radical (unpaired) electrons. The highest BCUT2D eigenvalue weighted by Crippen LogP contribution is 2.35. The van der Waals surface area contributed by atoms with Crippen LogP contribution in [0.25, 0.3) is 5.69 Å². The highest BCUT2D eigenvalue weighted by atomic mass is 19.4. The number of nitrogens with two attached hydrogens (primary N) is 1. The lowest BCUT2D eigenvalue weighted by atomic mass is 10.3. The van der Waals surface area contributed by atoms with Gasteiger partial charge in [-0.05, 0) is 21.9 Å². The van der Waals surface area contributed by atoms with Gasteiger partial charge in [0.15, 0.2) is 11.4 Å². The number of rotatable bonds is 2. The molecule has 0 saturated carbocycles. The molecular weight excluding hydrogens is 263 g/mol. The van der Waals surface area contributed by atoms with Gasteiger partial charge in [0.1, 0.15) is 13.2 Å². The number of nitrogens with zero attached hydrogens (tertiary/aromatic N) is 4. The number of hydrogen-bond donors (Lipinski definition) is 1. The Kier molecular flexibility index (Phi) is 2.97. The van der Waals surface area contributed by atoms with Gasteiger partial charge in [-0.25, -0.2) is 4.68 Å². The normalized spacial score (nSPS) is 11.6. The molecule has 0 aliphatic heterocycles. The first-order chi connectivity index (χ1) is 8.82. The van der Waals surface area contributed by atoms with Crippen molar-refractivity contribution in [2.45, 2.75) is 6.18 Å². The molecule has 2 rings (SSSR count). The third kappa shape index (κ3) is 2.26. The minimum atomic E-state index is -4.69. The van der Waals surface area contributed by atoms with E-state index in [1.807, 2.05) is 0 Å². The fraction of sp³-hybridized carbons (Fsp3) is 0.200. The summed E-state index contributed by atoms with van der Waals surface area (Å²) in [5.74, 6) is -0.184. The van der Waals surface area contributed by atoms with Gasteiger partial charge in [-0.1, -0.05) is 4.91 Å². The molecule has 0 aromatic carbocycles. The van der Waals surface area contributed by atoms with E-state index in [0.717, 1.165) is 13.2 Å². The molecule has 0 bridgehead atoms. The van der Waals surface area contributed by atoms with Crippen molar-refractivity contribution in [1.29, 1.82) is 0 Å². The maximum absolute atomic E-state index is 12.9. The third-order valence-corrected chi connectivity index (χ3v) is 2.36. The van der Waals surface area contributed by atoms with Crippen LogP contribution in [0.15, 0.2) is 24.5 Å². The lowest BCUT2D eigenvalue weighted by Crippen LogP contribution is -2.16. The molecule has 2 aromatic heterocycles. The molecule has 2 N–H and O–H groups in total. The largest absolute Gasteiger partial charge is 0.435 e. The van der Waals surface area contributed by atoms with E-state index in [-0.39, 0.29) is 11.5 Å². The number of pyridine rings is 1. The first kappa shape index (κ1) is 13.0. The van der Waals surface area contributed by atoms with Crippen LogP contribution in [0.5, 0.6) is 0 Å². The van der Waals surface area contributed by atoms with Crippen LogP contribution >= 0.6 is 0 Å². The summed E-state index contributed by atoms with van der Waals surface area (Å²) < 4.78 is 39.6. The summed E-state index contributed by atoms with van der Waals surface area (Å²) in [6, 6.07) is 2.71. The summed E-state index contributed by atoms with van der Waals surface area (Å²) in [5.41, 5.74) is 3.53. The predicted octanol–water partition coefficient (Wildman–Crippen LogP) is 1.91. The second kappa shape index (κ2) is 4.34. The van der Waals surface area contributed by atoms with E-state index in [4.69, 9.17) is 5.73 Å². The zero-order valence-corrected chi connectivity index (χ0v) is 9.72. The number of alkyl halides is 3. The van der Waals surface area contributed by atoms with Gasteiger partial charge in [0.2, 0.25) is 0 Å². The highest BCUT2D eigenvalue weighted by molar-refractivity contribution is 5.52. The quantitative estimate of drug-likeness (QED) is 0.847. The molecule has 6 nitrogen and oxygen atoms in total. The van der Waals surface area contributed by atoms with Crippen molar-refractivity contribution in [3.63, 3.8) is 0 Å². The molecule has 100 valence electrons. The highest BCUT2D eigenvalue weighted by Gasteiger charge is 2.39. The molecule has 2 aromatic rings. The molecule has 0 aliphatic rings. The molecule has 19 heavy (non-hydrogen) atoms. The Balaban J connectivity index is 2.71. The maximum atomic E-state index is 12.9. The Bertz CT molecular complexity index is 634. The van der Waals surface area contributed by atoms with Crippen molar-refractivity contribution in [2.75, 3.05) is 12.8 Å². The Hall–Kier alpha value is -2.45. The van der Waals surface area contributed by atoms with Crippen LogP contribution < -0.4 is 5.73 Å². The first-order valence-corrected chi connectivity index (χ1v) is 5.09. The summed E-state index contributed by atoms with van der Waals surface area (Å²) in [7, 11) is 1.13. The summed E-state index contributed by atoms with van der Waals surface area (Å²) in [5, 5.41) is 3.56. The maximum Gasteiger partial charge on any atom is 0.435 e. The van der Waals surface area contributed by atoms with Gasteiger partial charge in [0.05, 0.1) is 11.9 Å². The van der Waals surface area contributed by atoms with Crippen LogP contribution in [0, 0.1) is 4.91 Å². The van der Waals surface area contributed by atoms with Gasteiger partial charge < -0.3 is 5.73 Å². The van der Waals surface area contributed by atoms with Crippen molar-refractivity contribution >= 4 is 11.5 Å². The number of halogens is 3. The predicted molar refractivity (Wildman–Crippen MR) is 60.0 cm³/mol. The van der Waals surface area contributed by atoms with Gasteiger partial charge in [-0.3, -0.25) is 0 Å². The number of nitrogen functional groups attached to an aromatic ring is 1. The number of anilines is 1. The molecule has 0 saturated heterocycles. The standard InChI is InChI=1S/C10H9F3N5O/c1-17(19)9-7(3-2-4-15-9)18-8(10(11,12)13)6(14)5-16-18/h2-5H,14H2,1H3/q+1. The number of hydrogen-bond acceptors (Lipinski definition) is 4. The van der Waals surface area contributed by atoms with Gasteiger partial charge in [0, 0.05) is 0 Å². The van der Waals surface area contributed by atoms with Gasteiger partial charge in [-0.2, -0.15) is 18.3 Å². The Labute approximate surface area is 105 Å². The van der Waals surface area contributed by atoms with Crippen LogP contribution in [-0.2, 0) is 6.18 Å². The minimum absolute atomic E-state index is 0.0935. The monoisotopic (exact) mass is 272 g/mol. The molecule has 0 aliphatic carbocycles. The Morgan fingerprint density at radius 3 is 2.68 bits per heavy atom. The average molecular weight is 272 g/mol. The summed E-state index contributed by atoms with van der Waals surface area (Å²) in [4.78, 5) is 15.0. The van der Waals surface area contributed by atoms with E-state index < -0.39 is 17.6 Å². The van der Waals surface area contributed by atoms with Gasteiger partial charge >= 0.3 is 12.0 Å². The van der Waals surface area contributed by atoms with Gasteiger partial charge in [0.25, 0.3) is 0 Å². The second-order valence-electron chi connectivity index (χ2n) is 3.70. The smallest absolute Gasteiger partial charge is 0.396 e. The molecule has 2 heterocycles. The van der Waals surface area contributed by atoms with Crippen LogP contribution in [0.1, 0.15) is 5.69 Å². The van der Waals surface area contributed by atoms with E-state index in [9.17, 15) is 18.1 Å². The van der Waals surface area contributed by atoms with E-state index in [1.54, 1.807) is 0 Å². The Morgan fingerprint density at radius 2 is 2.11 bits per heavy atom. The molecule has 0 amide bonds. The third-order valence-electron chi connectivity index (χ3n) is 2.36. The lowest BCUT2D eigenvalue weighted by Gasteiger charge is -2.10. The topological polar surface area (TPSA) is 76.8 Å². The van der Waals surface area contributed by atoms with Gasteiger partial charge in [-0.15, -0.1) is 0 Å². The summed E-state index contributed by atoms with van der Waals surface area (Å²) in [6.45, 7) is 0. The van der Waals surface area contributed by atoms with Crippen molar-refractivity contribution in [1.82, 2.24) is 14.8 Å². The van der Waals surface area contributed by atoms with E-state index in [0.29, 0.717) is 9.44 Å². The van der Waals surface area contributed by atoms with Crippen LogP contribution in [0.3, 0.4) is 0 Å². The molecule has 0 spiro atoms. The minimum Gasteiger partial charge on any atom is -0.396 e. The van der Waals surface area contributed by atoms with Crippen molar-refractivity contribution in [3.05, 3.63) is 35.1 Å². The molecular formula is C10H9F3N5O+. The SMILES string of the molecule is C[N+](=O)c1ncccc1-n1ncc(N)c1C(F)(F)F. The fourth-order valence-corrected chi connectivity index (χ4v) is 1.62. The van der Waals surface area contributed by atoms with Crippen molar-refractivity contribution in [3.8, 4) is 5.69 Å². The van der Waals surface area contributed by atoms with Crippen LogP contribution in [0.4, 0.5) is 24.7 Å². The zero-order valence-electron chi connectivity index (χ0n) is 9.72. The number of nitroso groups, excluding NO2 is 1. The van der Waals surface area contributed by atoms with Crippen LogP contribution in [-0.4, -0.2) is 26.6 Å². The second-order valence-corrected chi connectivity index (χ2v) is 3.70. The summed E-state index contributed by atoms with van der Waals surface area (Å²) >= 11 is 0. The van der Waals surface area contributed by atoms with Crippen molar-refractivity contribution < 1.29 is 17.9 Å². The number of aromatic nitrogens is 3. The molecule has 0 atom stereocenters. The van der Waals surface area contributed by atoms with E-state index >= 15 is 0 Å². The fourth-order valence-electron chi connectivity index (χ4n) is 1.62. The van der Waals surface area contributed by atoms with Crippen LogP contribution in [0.2, 0.25) is 0 Å². The lowest BCUT2D eigenvalue weighted by molar-refractivity contribution is -0.432. The molecule has 0 unspecified atom stereocenters. The average Bonchev–Trinajstić information content (AvgIpc) is 2.70. The van der Waals surface area contributed by atoms with E-state index in [1.165, 1.54) is 18.3 Å². The van der Waals surface area contributed by atoms with E-state index in [2.05, 4.69) is 10.1 Å². The van der Waals surface area contributed by atoms with Crippen molar-refractivity contribution in [2.24, 2.45) is 0 Å². The summed E-state index contributed by atoms with van der Waals surface area (Å²) in [6.07, 6.45) is -2.51.